The fraction of sp³-hybridized carbons (Fsp3) is 0.636. The number of carboxylic acid groups (broad SMARTS) is 1. The summed E-state index contributed by atoms with van der Waals surface area (Å²) in [6.45, 7) is 6.91. The highest BCUT2D eigenvalue weighted by atomic mass is 16.5. The topological polar surface area (TPSA) is 76.7 Å². The Morgan fingerprint density at radius 2 is 2.11 bits per heavy atom. The summed E-state index contributed by atoms with van der Waals surface area (Å²) in [5, 5.41) is 8.86. The predicted octanol–water partition coefficient (Wildman–Crippen LogP) is 4.97. The van der Waals surface area contributed by atoms with Crippen LogP contribution in [0.4, 0.5) is 0 Å². The number of allylic oxidation sites excluding steroid dienone is 2. The number of hydrogen-bond acceptors (Lipinski definition) is 4. The van der Waals surface area contributed by atoms with Gasteiger partial charge < -0.3 is 14.3 Å². The number of aliphatic carboxylic acids is 1. The van der Waals surface area contributed by atoms with Gasteiger partial charge in [-0.25, -0.2) is 0 Å². The maximum atomic E-state index is 12.0. The van der Waals surface area contributed by atoms with Gasteiger partial charge in [-0.05, 0) is 73.5 Å². The number of carbonyl (C=O) groups is 2. The molecule has 0 bridgehead atoms. The summed E-state index contributed by atoms with van der Waals surface area (Å²) in [6.07, 6.45) is 11.0. The Balaban J connectivity index is 1.81. The fourth-order valence-corrected chi connectivity index (χ4v) is 5.36. The highest BCUT2D eigenvalue weighted by molar-refractivity contribution is 5.90. The summed E-state index contributed by atoms with van der Waals surface area (Å²) in [5.41, 5.74) is 1.13. The van der Waals surface area contributed by atoms with Crippen molar-refractivity contribution in [3.8, 4) is 0 Å². The van der Waals surface area contributed by atoms with Crippen LogP contribution in [-0.4, -0.2) is 17.0 Å². The van der Waals surface area contributed by atoms with Gasteiger partial charge in [-0.2, -0.15) is 0 Å². The molecule has 1 aromatic rings. The van der Waals surface area contributed by atoms with Crippen molar-refractivity contribution in [2.75, 3.05) is 0 Å². The van der Waals surface area contributed by atoms with Gasteiger partial charge in [0.2, 0.25) is 0 Å². The number of aryl methyl sites for hydroxylation is 1. The van der Waals surface area contributed by atoms with Gasteiger partial charge in [-0.1, -0.05) is 20.8 Å². The van der Waals surface area contributed by atoms with Crippen LogP contribution in [-0.2, 0) is 20.7 Å². The first kappa shape index (κ1) is 19.7. The minimum Gasteiger partial charge on any atom is -0.481 e. The number of rotatable bonds is 6. The van der Waals surface area contributed by atoms with Gasteiger partial charge in [0.05, 0.1) is 12.5 Å². The van der Waals surface area contributed by atoms with E-state index in [1.54, 1.807) is 6.26 Å². The zero-order valence-corrected chi connectivity index (χ0v) is 16.5. The molecule has 1 fully saturated rings. The van der Waals surface area contributed by atoms with Gasteiger partial charge in [0.1, 0.15) is 12.2 Å². The molecular formula is C22H30O5. The number of carboxylic acids is 1. The second kappa shape index (κ2) is 7.53. The predicted molar refractivity (Wildman–Crippen MR) is 101 cm³/mol. The number of furan rings is 1. The van der Waals surface area contributed by atoms with Crippen molar-refractivity contribution >= 4 is 11.9 Å². The van der Waals surface area contributed by atoms with E-state index in [1.165, 1.54) is 5.56 Å². The molecule has 1 N–H and O–H groups in total. The minimum atomic E-state index is -1.15. The van der Waals surface area contributed by atoms with E-state index >= 15 is 0 Å². The molecule has 0 radical (unpaired) electrons. The Labute approximate surface area is 160 Å². The summed E-state index contributed by atoms with van der Waals surface area (Å²) < 4.78 is 10.8. The molecule has 0 unspecified atom stereocenters. The second-order valence-electron chi connectivity index (χ2n) is 8.74. The Kier molecular flexibility index (Phi) is 5.50. The van der Waals surface area contributed by atoms with E-state index in [4.69, 9.17) is 14.3 Å². The zero-order valence-electron chi connectivity index (χ0n) is 16.5. The van der Waals surface area contributed by atoms with Crippen molar-refractivity contribution in [1.29, 1.82) is 0 Å². The first-order valence-corrected chi connectivity index (χ1v) is 9.90. The molecule has 5 heteroatoms. The van der Waals surface area contributed by atoms with Gasteiger partial charge >= 0.3 is 11.9 Å². The van der Waals surface area contributed by atoms with Crippen molar-refractivity contribution < 1.29 is 23.8 Å². The van der Waals surface area contributed by atoms with Crippen LogP contribution in [0.5, 0.6) is 0 Å². The maximum Gasteiger partial charge on any atom is 0.322 e. The molecular weight excluding hydrogens is 344 g/mol. The van der Waals surface area contributed by atoms with Gasteiger partial charge in [-0.3, -0.25) is 9.59 Å². The monoisotopic (exact) mass is 374 g/mol. The van der Waals surface area contributed by atoms with Crippen molar-refractivity contribution in [1.82, 2.24) is 0 Å². The molecule has 0 aliphatic heterocycles. The quantitative estimate of drug-likeness (QED) is 0.562. The van der Waals surface area contributed by atoms with Gasteiger partial charge in [0.15, 0.2) is 0 Å². The molecule has 5 nitrogen and oxygen atoms in total. The first-order valence-electron chi connectivity index (χ1n) is 9.90. The van der Waals surface area contributed by atoms with Crippen LogP contribution in [0.1, 0.15) is 64.9 Å². The summed E-state index contributed by atoms with van der Waals surface area (Å²) in [4.78, 5) is 22.8. The molecule has 27 heavy (non-hydrogen) atoms. The Morgan fingerprint density at radius 3 is 2.78 bits per heavy atom. The molecule has 148 valence electrons. The number of esters is 1. The van der Waals surface area contributed by atoms with E-state index in [0.717, 1.165) is 38.5 Å². The van der Waals surface area contributed by atoms with Crippen LogP contribution in [0.15, 0.2) is 34.8 Å². The Morgan fingerprint density at radius 1 is 1.33 bits per heavy atom. The third kappa shape index (κ3) is 3.83. The van der Waals surface area contributed by atoms with Crippen molar-refractivity contribution in [2.24, 2.45) is 22.7 Å². The maximum absolute atomic E-state index is 12.0. The third-order valence-corrected chi connectivity index (χ3v) is 7.19. The molecule has 0 saturated heterocycles. The van der Waals surface area contributed by atoms with E-state index in [2.05, 4.69) is 20.8 Å². The molecule has 2 aliphatic carbocycles. The lowest BCUT2D eigenvalue weighted by molar-refractivity contribution is -0.152. The molecule has 1 heterocycles. The molecule has 4 atom stereocenters. The average molecular weight is 374 g/mol. The molecule has 2 aliphatic rings. The van der Waals surface area contributed by atoms with Gasteiger partial charge in [0, 0.05) is 5.41 Å². The average Bonchev–Trinajstić information content (AvgIpc) is 3.11. The molecule has 0 spiro atoms. The third-order valence-electron chi connectivity index (χ3n) is 7.19. The summed E-state index contributed by atoms with van der Waals surface area (Å²) in [6, 6.07) is 2.02. The lowest BCUT2D eigenvalue weighted by Crippen LogP contribution is -2.50. The van der Waals surface area contributed by atoms with Crippen LogP contribution < -0.4 is 0 Å². The molecule has 0 aromatic carbocycles. The molecule has 1 saturated carbocycles. The normalized spacial score (nSPS) is 33.1. The fourth-order valence-electron chi connectivity index (χ4n) is 5.36. The summed E-state index contributed by atoms with van der Waals surface area (Å²) in [5.74, 6) is -0.157. The van der Waals surface area contributed by atoms with Gasteiger partial charge in [-0.15, -0.1) is 0 Å². The first-order chi connectivity index (χ1) is 12.8. The highest BCUT2D eigenvalue weighted by Crippen LogP contribution is 2.62. The van der Waals surface area contributed by atoms with Crippen LogP contribution in [0.25, 0.3) is 0 Å². The van der Waals surface area contributed by atoms with Gasteiger partial charge in [0.25, 0.3) is 0 Å². The van der Waals surface area contributed by atoms with Crippen LogP contribution in [0, 0.1) is 22.7 Å². The van der Waals surface area contributed by atoms with E-state index in [1.807, 2.05) is 18.4 Å². The minimum absolute atomic E-state index is 0.128. The standard InChI is InChI=1S/C22H30O5/c1-15-7-10-22(3)17(21(15,2)11-8-16-9-12-26-14-16)5-4-6-18(22)27-20(25)13-19(23)24/h6,9,12,14-15,17H,4-5,7-8,10-11,13H2,1-3H3,(H,23,24)/t15-,17-,21+,22-/m1/s1. The van der Waals surface area contributed by atoms with Crippen LogP contribution in [0.2, 0.25) is 0 Å². The number of carbonyl (C=O) groups excluding carboxylic acids is 1. The zero-order chi connectivity index (χ0) is 19.7. The van der Waals surface area contributed by atoms with E-state index in [0.29, 0.717) is 17.6 Å². The largest absolute Gasteiger partial charge is 0.481 e. The van der Waals surface area contributed by atoms with Crippen LogP contribution in [0.3, 0.4) is 0 Å². The lowest BCUT2D eigenvalue weighted by atomic mass is 9.48. The number of fused-ring (bicyclic) bond motifs is 1. The Bertz CT molecular complexity index is 719. The van der Waals surface area contributed by atoms with Crippen molar-refractivity contribution in [3.05, 3.63) is 36.0 Å². The highest BCUT2D eigenvalue weighted by Gasteiger charge is 2.55. The SMILES string of the molecule is C[C@@H]1CC[C@@]2(C)C(OC(=O)CC(=O)O)=CCC[C@@H]2[C@@]1(C)CCc1ccoc1. The molecule has 1 aromatic heterocycles. The smallest absolute Gasteiger partial charge is 0.322 e. The van der Waals surface area contributed by atoms with E-state index in [-0.39, 0.29) is 10.8 Å². The summed E-state index contributed by atoms with van der Waals surface area (Å²) in [7, 11) is 0. The second-order valence-corrected chi connectivity index (χ2v) is 8.74. The lowest BCUT2D eigenvalue weighted by Gasteiger charge is -2.57. The number of ether oxygens (including phenoxy) is 1. The molecule has 3 rings (SSSR count). The Hall–Kier alpha value is -2.04. The van der Waals surface area contributed by atoms with Crippen molar-refractivity contribution in [2.45, 2.75) is 65.7 Å². The van der Waals surface area contributed by atoms with E-state index < -0.39 is 18.4 Å². The molecule has 0 amide bonds. The number of hydrogen-bond donors (Lipinski definition) is 1. The van der Waals surface area contributed by atoms with Crippen LogP contribution >= 0.6 is 0 Å². The summed E-state index contributed by atoms with van der Waals surface area (Å²) >= 11 is 0. The van der Waals surface area contributed by atoms with Crippen molar-refractivity contribution in [3.63, 3.8) is 0 Å². The van der Waals surface area contributed by atoms with E-state index in [9.17, 15) is 9.59 Å².